The van der Waals surface area contributed by atoms with Crippen molar-refractivity contribution in [3.05, 3.63) is 39.8 Å². The SMILES string of the molecule is COCCn1c(=NC(=O)CSCC(=O)Nc2cc(C)on2)sc2cc(Cl)ccc21. The van der Waals surface area contributed by atoms with Crippen LogP contribution in [0.25, 0.3) is 10.2 Å². The normalized spacial score (nSPS) is 11.9. The van der Waals surface area contributed by atoms with Gasteiger partial charge in [-0.05, 0) is 25.1 Å². The molecule has 11 heteroatoms. The summed E-state index contributed by atoms with van der Waals surface area (Å²) in [6.07, 6.45) is 0. The lowest BCUT2D eigenvalue weighted by Crippen LogP contribution is -2.20. The third-order valence-electron chi connectivity index (χ3n) is 3.74. The van der Waals surface area contributed by atoms with Crippen LogP contribution >= 0.6 is 34.7 Å². The quantitative estimate of drug-likeness (QED) is 0.561. The molecule has 0 saturated heterocycles. The lowest BCUT2D eigenvalue weighted by molar-refractivity contribution is -0.115. The lowest BCUT2D eigenvalue weighted by Gasteiger charge is -2.04. The lowest BCUT2D eigenvalue weighted by atomic mass is 10.3. The summed E-state index contributed by atoms with van der Waals surface area (Å²) in [5.74, 6) is 0.580. The van der Waals surface area contributed by atoms with E-state index >= 15 is 0 Å². The molecule has 154 valence electrons. The third-order valence-corrected chi connectivity index (χ3v) is 5.93. The summed E-state index contributed by atoms with van der Waals surface area (Å²) in [7, 11) is 1.62. The molecule has 0 unspecified atom stereocenters. The van der Waals surface area contributed by atoms with E-state index in [2.05, 4.69) is 15.5 Å². The predicted octanol–water partition coefficient (Wildman–Crippen LogP) is 3.10. The van der Waals surface area contributed by atoms with E-state index < -0.39 is 0 Å². The Morgan fingerprint density at radius 2 is 2.21 bits per heavy atom. The fourth-order valence-electron chi connectivity index (χ4n) is 2.51. The number of carbonyl (C=O) groups is 2. The molecule has 2 aromatic heterocycles. The summed E-state index contributed by atoms with van der Waals surface area (Å²) in [6.45, 7) is 2.79. The van der Waals surface area contributed by atoms with Crippen LogP contribution in [0.3, 0.4) is 0 Å². The maximum atomic E-state index is 12.3. The van der Waals surface area contributed by atoms with Gasteiger partial charge in [0, 0.05) is 24.7 Å². The molecule has 0 radical (unpaired) electrons. The van der Waals surface area contributed by atoms with Gasteiger partial charge in [-0.25, -0.2) is 0 Å². The minimum atomic E-state index is -0.316. The number of thiazole rings is 1. The van der Waals surface area contributed by atoms with Gasteiger partial charge in [-0.1, -0.05) is 28.1 Å². The zero-order valence-corrected chi connectivity index (χ0v) is 18.2. The Morgan fingerprint density at radius 1 is 1.38 bits per heavy atom. The molecule has 0 aliphatic carbocycles. The van der Waals surface area contributed by atoms with Gasteiger partial charge in [0.05, 0.1) is 28.3 Å². The van der Waals surface area contributed by atoms with Crippen LogP contribution in [-0.4, -0.2) is 46.8 Å². The number of halogens is 1. The second kappa shape index (κ2) is 10.1. The van der Waals surface area contributed by atoms with Crippen LogP contribution in [0.5, 0.6) is 0 Å². The van der Waals surface area contributed by atoms with E-state index in [9.17, 15) is 9.59 Å². The molecule has 0 fully saturated rings. The summed E-state index contributed by atoms with van der Waals surface area (Å²) in [6, 6.07) is 7.17. The molecule has 2 heterocycles. The molecule has 0 aliphatic heterocycles. The smallest absolute Gasteiger partial charge is 0.258 e. The van der Waals surface area contributed by atoms with Crippen molar-refractivity contribution in [1.29, 1.82) is 0 Å². The molecule has 0 saturated carbocycles. The Labute approximate surface area is 179 Å². The molecule has 3 rings (SSSR count). The molecule has 0 spiro atoms. The number of rotatable bonds is 8. The maximum absolute atomic E-state index is 12.3. The van der Waals surface area contributed by atoms with Crippen molar-refractivity contribution in [1.82, 2.24) is 9.72 Å². The number of aryl methyl sites for hydroxylation is 1. The molecular formula is C18H19ClN4O4S2. The highest BCUT2D eigenvalue weighted by Crippen LogP contribution is 2.22. The number of carbonyl (C=O) groups excluding carboxylic acids is 2. The number of nitrogens with zero attached hydrogens (tertiary/aromatic N) is 3. The number of nitrogens with one attached hydrogen (secondary N) is 1. The van der Waals surface area contributed by atoms with Crippen LogP contribution in [0.1, 0.15) is 5.76 Å². The van der Waals surface area contributed by atoms with Crippen molar-refractivity contribution in [2.45, 2.75) is 13.5 Å². The number of benzene rings is 1. The molecule has 3 aromatic rings. The van der Waals surface area contributed by atoms with Gasteiger partial charge in [-0.15, -0.1) is 11.8 Å². The van der Waals surface area contributed by atoms with Crippen LogP contribution in [-0.2, 0) is 20.9 Å². The van der Waals surface area contributed by atoms with Gasteiger partial charge in [-0.2, -0.15) is 4.99 Å². The van der Waals surface area contributed by atoms with E-state index in [1.807, 2.05) is 16.7 Å². The number of hydrogen-bond acceptors (Lipinski definition) is 7. The minimum Gasteiger partial charge on any atom is -0.383 e. The zero-order valence-electron chi connectivity index (χ0n) is 15.8. The molecule has 0 bridgehead atoms. The summed E-state index contributed by atoms with van der Waals surface area (Å²) < 4.78 is 12.9. The van der Waals surface area contributed by atoms with Crippen molar-refractivity contribution >= 4 is 62.5 Å². The fraction of sp³-hybridized carbons (Fsp3) is 0.333. The molecule has 29 heavy (non-hydrogen) atoms. The Balaban J connectivity index is 1.64. The highest BCUT2D eigenvalue weighted by Gasteiger charge is 2.10. The minimum absolute atomic E-state index is 0.0878. The zero-order chi connectivity index (χ0) is 20.8. The maximum Gasteiger partial charge on any atom is 0.258 e. The molecule has 0 atom stereocenters. The summed E-state index contributed by atoms with van der Waals surface area (Å²) in [5, 5.41) is 6.92. The van der Waals surface area contributed by atoms with E-state index in [1.54, 1.807) is 26.2 Å². The summed E-state index contributed by atoms with van der Waals surface area (Å²) in [4.78, 5) is 29.0. The van der Waals surface area contributed by atoms with Gasteiger partial charge >= 0.3 is 0 Å². The van der Waals surface area contributed by atoms with Crippen LogP contribution < -0.4 is 10.1 Å². The molecule has 0 aliphatic rings. The Kier molecular flexibility index (Phi) is 7.48. The number of amides is 2. The number of thioether (sulfide) groups is 1. The van der Waals surface area contributed by atoms with Crippen LogP contribution in [0.2, 0.25) is 5.02 Å². The van der Waals surface area contributed by atoms with Gasteiger partial charge in [0.25, 0.3) is 5.91 Å². The molecule has 8 nitrogen and oxygen atoms in total. The third kappa shape index (κ3) is 5.92. The summed E-state index contributed by atoms with van der Waals surface area (Å²) in [5.41, 5.74) is 0.943. The second-order valence-electron chi connectivity index (χ2n) is 6.01. The topological polar surface area (TPSA) is 98.7 Å². The first kappa shape index (κ1) is 21.6. The largest absolute Gasteiger partial charge is 0.383 e. The first-order valence-corrected chi connectivity index (χ1v) is 11.0. The van der Waals surface area contributed by atoms with E-state index in [4.69, 9.17) is 20.9 Å². The van der Waals surface area contributed by atoms with Gasteiger partial charge in [0.15, 0.2) is 10.6 Å². The Hall–Kier alpha value is -2.14. The van der Waals surface area contributed by atoms with Gasteiger partial charge < -0.3 is 19.1 Å². The molecule has 1 N–H and O–H groups in total. The average Bonchev–Trinajstić information content (AvgIpc) is 3.22. The van der Waals surface area contributed by atoms with Crippen molar-refractivity contribution in [2.24, 2.45) is 4.99 Å². The van der Waals surface area contributed by atoms with Gasteiger partial charge in [0.1, 0.15) is 5.76 Å². The Morgan fingerprint density at radius 3 is 2.93 bits per heavy atom. The van der Waals surface area contributed by atoms with Gasteiger partial charge in [0.2, 0.25) is 5.91 Å². The molecule has 2 amide bonds. The Bertz CT molecular complexity index is 1090. The van der Waals surface area contributed by atoms with E-state index in [-0.39, 0.29) is 23.3 Å². The first-order valence-electron chi connectivity index (χ1n) is 8.62. The van der Waals surface area contributed by atoms with Crippen molar-refractivity contribution in [3.63, 3.8) is 0 Å². The van der Waals surface area contributed by atoms with Crippen LogP contribution in [0, 0.1) is 6.92 Å². The number of hydrogen-bond donors (Lipinski definition) is 1. The van der Waals surface area contributed by atoms with Gasteiger partial charge in [-0.3, -0.25) is 9.59 Å². The number of aromatic nitrogens is 2. The first-order chi connectivity index (χ1) is 14.0. The van der Waals surface area contributed by atoms with E-state index in [0.717, 1.165) is 10.2 Å². The van der Waals surface area contributed by atoms with Crippen molar-refractivity contribution in [2.75, 3.05) is 30.5 Å². The van der Waals surface area contributed by atoms with Crippen molar-refractivity contribution in [3.8, 4) is 0 Å². The fourth-order valence-corrected chi connectivity index (χ4v) is 4.45. The monoisotopic (exact) mass is 454 g/mol. The standard InChI is InChI=1S/C18H19ClN4O4S2/c1-11-7-15(22-27-11)20-16(24)9-28-10-17(25)21-18-23(5-6-26-2)13-4-3-12(19)8-14(13)29-18/h3-4,7-8H,5-6,9-10H2,1-2H3,(H,20,22,24). The highest BCUT2D eigenvalue weighted by atomic mass is 35.5. The summed E-state index contributed by atoms with van der Waals surface area (Å²) >= 11 is 8.64. The van der Waals surface area contributed by atoms with Crippen molar-refractivity contribution < 1.29 is 18.8 Å². The second-order valence-corrected chi connectivity index (χ2v) is 8.44. The van der Waals surface area contributed by atoms with E-state index in [1.165, 1.54) is 23.1 Å². The number of anilines is 1. The van der Waals surface area contributed by atoms with E-state index in [0.29, 0.717) is 34.6 Å². The number of methoxy groups -OCH3 is 1. The predicted molar refractivity (Wildman–Crippen MR) is 114 cm³/mol. The average molecular weight is 455 g/mol. The van der Waals surface area contributed by atoms with Crippen LogP contribution in [0.4, 0.5) is 5.82 Å². The van der Waals surface area contributed by atoms with Crippen LogP contribution in [0.15, 0.2) is 33.8 Å². The highest BCUT2D eigenvalue weighted by molar-refractivity contribution is 8.00. The number of fused-ring (bicyclic) bond motifs is 1. The number of ether oxygens (including phenoxy) is 1. The molecule has 1 aromatic carbocycles. The molecular weight excluding hydrogens is 436 g/mol.